The van der Waals surface area contributed by atoms with Crippen molar-refractivity contribution < 1.29 is 8.42 Å². The van der Waals surface area contributed by atoms with E-state index in [1.54, 1.807) is 17.5 Å². The Balaban J connectivity index is 1.43. The van der Waals surface area contributed by atoms with Gasteiger partial charge in [0.2, 0.25) is 0 Å². The minimum atomic E-state index is -2.88. The summed E-state index contributed by atoms with van der Waals surface area (Å²) in [6, 6.07) is 7.93. The molecule has 9 heteroatoms. The molecule has 31 heavy (non-hydrogen) atoms. The first kappa shape index (κ1) is 20.3. The topological polar surface area (TPSA) is 96.0 Å². The summed E-state index contributed by atoms with van der Waals surface area (Å²) in [6.45, 7) is 3.88. The minimum absolute atomic E-state index is 0.179. The monoisotopic (exact) mass is 454 g/mol. The molecule has 0 atom stereocenters. The van der Waals surface area contributed by atoms with E-state index in [1.807, 2.05) is 30.5 Å². The van der Waals surface area contributed by atoms with Gasteiger partial charge in [0.25, 0.3) is 5.56 Å². The summed E-state index contributed by atoms with van der Waals surface area (Å²) >= 11 is 1.63. The van der Waals surface area contributed by atoms with Crippen LogP contribution in [0.15, 0.2) is 40.6 Å². The molecule has 3 aromatic heterocycles. The number of rotatable bonds is 4. The first-order valence-corrected chi connectivity index (χ1v) is 12.9. The van der Waals surface area contributed by atoms with E-state index >= 15 is 0 Å². The van der Waals surface area contributed by atoms with Crippen molar-refractivity contribution >= 4 is 42.2 Å². The highest BCUT2D eigenvalue weighted by Crippen LogP contribution is 2.25. The van der Waals surface area contributed by atoms with Crippen molar-refractivity contribution in [1.29, 1.82) is 0 Å². The summed E-state index contributed by atoms with van der Waals surface area (Å²) in [5.74, 6) is 0.918. The van der Waals surface area contributed by atoms with Gasteiger partial charge in [0.05, 0.1) is 22.4 Å². The Morgan fingerprint density at radius 1 is 1.19 bits per heavy atom. The lowest BCUT2D eigenvalue weighted by molar-refractivity contribution is 0.299. The molecule has 7 nitrogen and oxygen atoms in total. The number of aromatic nitrogens is 3. The lowest BCUT2D eigenvalue weighted by atomic mass is 10.0. The zero-order chi connectivity index (χ0) is 21.6. The van der Waals surface area contributed by atoms with E-state index in [4.69, 9.17) is 4.98 Å². The summed E-state index contributed by atoms with van der Waals surface area (Å²) in [6.07, 6.45) is 2.56. The van der Waals surface area contributed by atoms with Gasteiger partial charge in [0.15, 0.2) is 15.7 Å². The van der Waals surface area contributed by atoms with Crippen LogP contribution in [-0.4, -0.2) is 59.4 Å². The van der Waals surface area contributed by atoms with Gasteiger partial charge < -0.3 is 9.88 Å². The number of thiophene rings is 1. The quantitative estimate of drug-likeness (QED) is 0.509. The first-order valence-electron chi connectivity index (χ1n) is 10.2. The SMILES string of the molecule is Cc1cc(CCN2CCS(=O)(=O)CC2)cc2c(=O)[nH]c(-c3cc4sccc4cn3)nc12. The van der Waals surface area contributed by atoms with Crippen LogP contribution in [0.3, 0.4) is 0 Å². The predicted octanol–water partition coefficient (Wildman–Crippen LogP) is 2.78. The fourth-order valence-electron chi connectivity index (χ4n) is 4.00. The second kappa shape index (κ2) is 7.81. The molecule has 1 N–H and O–H groups in total. The fourth-order valence-corrected chi connectivity index (χ4v) is 6.08. The molecular formula is C22H22N4O3S2. The van der Waals surface area contributed by atoms with E-state index in [0.29, 0.717) is 35.5 Å². The van der Waals surface area contributed by atoms with Crippen LogP contribution in [0.2, 0.25) is 0 Å². The van der Waals surface area contributed by atoms with Gasteiger partial charge in [-0.2, -0.15) is 0 Å². The van der Waals surface area contributed by atoms with Gasteiger partial charge in [-0.1, -0.05) is 6.07 Å². The van der Waals surface area contributed by atoms with Gasteiger partial charge in [-0.05, 0) is 48.1 Å². The summed E-state index contributed by atoms with van der Waals surface area (Å²) < 4.78 is 24.3. The number of fused-ring (bicyclic) bond motifs is 2. The molecule has 5 rings (SSSR count). The molecule has 0 radical (unpaired) electrons. The third-order valence-corrected chi connectivity index (χ3v) is 8.28. The minimum Gasteiger partial charge on any atom is -0.305 e. The highest BCUT2D eigenvalue weighted by Gasteiger charge is 2.21. The smallest absolute Gasteiger partial charge is 0.259 e. The van der Waals surface area contributed by atoms with Crippen molar-refractivity contribution in [2.75, 3.05) is 31.1 Å². The molecule has 4 heterocycles. The van der Waals surface area contributed by atoms with Crippen LogP contribution in [0.25, 0.3) is 32.5 Å². The number of aromatic amines is 1. The fraction of sp³-hybridized carbons (Fsp3) is 0.318. The maximum absolute atomic E-state index is 12.9. The highest BCUT2D eigenvalue weighted by molar-refractivity contribution is 7.91. The van der Waals surface area contributed by atoms with Crippen molar-refractivity contribution in [3.63, 3.8) is 0 Å². The van der Waals surface area contributed by atoms with Crippen molar-refractivity contribution in [1.82, 2.24) is 19.9 Å². The van der Waals surface area contributed by atoms with Gasteiger partial charge in [-0.3, -0.25) is 9.78 Å². The molecule has 0 aliphatic carbocycles. The molecule has 1 fully saturated rings. The van der Waals surface area contributed by atoms with Crippen LogP contribution < -0.4 is 5.56 Å². The standard InChI is InChI=1S/C22H22N4O3S2/c1-14-10-15(2-4-26-5-8-31(28,29)9-6-26)11-17-20(14)24-21(25-22(17)27)18-12-19-16(13-23-18)3-7-30-19/h3,7,10-13H,2,4-6,8-9H2,1H3,(H,24,25,27). The van der Waals surface area contributed by atoms with E-state index < -0.39 is 9.84 Å². The summed E-state index contributed by atoms with van der Waals surface area (Å²) in [7, 11) is -2.88. The number of H-pyrrole nitrogens is 1. The Kier molecular flexibility index (Phi) is 5.11. The molecule has 1 aliphatic heterocycles. The molecule has 1 aliphatic rings. The van der Waals surface area contributed by atoms with Gasteiger partial charge >= 0.3 is 0 Å². The van der Waals surface area contributed by atoms with Crippen LogP contribution in [0.4, 0.5) is 0 Å². The average Bonchev–Trinajstić information content (AvgIpc) is 3.21. The second-order valence-electron chi connectivity index (χ2n) is 7.99. The molecule has 4 aromatic rings. The predicted molar refractivity (Wildman–Crippen MR) is 125 cm³/mol. The molecule has 1 aromatic carbocycles. The number of pyridine rings is 1. The number of hydrogen-bond donors (Lipinski definition) is 1. The summed E-state index contributed by atoms with van der Waals surface area (Å²) in [5.41, 5.74) is 3.15. The van der Waals surface area contributed by atoms with Gasteiger partial charge in [-0.25, -0.2) is 13.4 Å². The van der Waals surface area contributed by atoms with Crippen LogP contribution in [0, 0.1) is 6.92 Å². The van der Waals surface area contributed by atoms with Crippen molar-refractivity contribution in [3.05, 3.63) is 57.3 Å². The Morgan fingerprint density at radius 3 is 2.81 bits per heavy atom. The molecule has 0 amide bonds. The Labute approximate surface area is 183 Å². The normalized spacial score (nSPS) is 16.8. The highest BCUT2D eigenvalue weighted by atomic mass is 32.2. The molecule has 0 unspecified atom stereocenters. The van der Waals surface area contributed by atoms with E-state index in [9.17, 15) is 13.2 Å². The Bertz CT molecular complexity index is 1440. The van der Waals surface area contributed by atoms with Crippen LogP contribution in [0.5, 0.6) is 0 Å². The molecular weight excluding hydrogens is 432 g/mol. The van der Waals surface area contributed by atoms with Crippen LogP contribution >= 0.6 is 11.3 Å². The maximum Gasteiger partial charge on any atom is 0.259 e. The van der Waals surface area contributed by atoms with Crippen molar-refractivity contribution in [2.45, 2.75) is 13.3 Å². The third kappa shape index (κ3) is 4.13. The zero-order valence-electron chi connectivity index (χ0n) is 17.1. The van der Waals surface area contributed by atoms with Crippen LogP contribution in [0.1, 0.15) is 11.1 Å². The molecule has 160 valence electrons. The van der Waals surface area contributed by atoms with Crippen LogP contribution in [-0.2, 0) is 16.3 Å². The van der Waals surface area contributed by atoms with E-state index in [-0.39, 0.29) is 17.1 Å². The Morgan fingerprint density at radius 2 is 2.00 bits per heavy atom. The summed E-state index contributed by atoms with van der Waals surface area (Å²) in [5, 5.41) is 3.66. The molecule has 1 saturated heterocycles. The molecule has 0 spiro atoms. The average molecular weight is 455 g/mol. The lowest BCUT2D eigenvalue weighted by Gasteiger charge is -2.26. The van der Waals surface area contributed by atoms with E-state index in [1.165, 1.54) is 0 Å². The number of hydrogen-bond acceptors (Lipinski definition) is 7. The number of aryl methyl sites for hydroxylation is 1. The summed E-state index contributed by atoms with van der Waals surface area (Å²) in [4.78, 5) is 27.1. The number of nitrogens with zero attached hydrogens (tertiary/aromatic N) is 3. The lowest BCUT2D eigenvalue weighted by Crippen LogP contribution is -2.41. The molecule has 0 saturated carbocycles. The zero-order valence-corrected chi connectivity index (χ0v) is 18.7. The van der Waals surface area contributed by atoms with Gasteiger partial charge in [-0.15, -0.1) is 11.3 Å². The Hall–Kier alpha value is -2.62. The number of nitrogens with one attached hydrogen (secondary N) is 1. The maximum atomic E-state index is 12.9. The second-order valence-corrected chi connectivity index (χ2v) is 11.2. The first-order chi connectivity index (χ1) is 14.9. The number of benzene rings is 1. The van der Waals surface area contributed by atoms with Gasteiger partial charge in [0.1, 0.15) is 5.69 Å². The number of sulfone groups is 1. The molecule has 0 bridgehead atoms. The third-order valence-electron chi connectivity index (χ3n) is 5.79. The van der Waals surface area contributed by atoms with E-state index in [0.717, 1.165) is 34.2 Å². The van der Waals surface area contributed by atoms with Crippen molar-refractivity contribution in [3.8, 4) is 11.5 Å². The van der Waals surface area contributed by atoms with Crippen molar-refractivity contribution in [2.24, 2.45) is 0 Å². The largest absolute Gasteiger partial charge is 0.305 e. The van der Waals surface area contributed by atoms with E-state index in [2.05, 4.69) is 20.9 Å². The van der Waals surface area contributed by atoms with Gasteiger partial charge in [0, 0.05) is 35.9 Å².